The second-order valence-electron chi connectivity index (χ2n) is 7.94. The Morgan fingerprint density at radius 1 is 1.41 bits per heavy atom. The molecular formula is C19H27F2N5O. The Morgan fingerprint density at radius 3 is 3.00 bits per heavy atom. The first kappa shape index (κ1) is 18.7. The van der Waals surface area contributed by atoms with Crippen molar-refractivity contribution >= 4 is 5.91 Å². The topological polar surface area (TPSA) is 61.4 Å². The molecule has 0 saturated carbocycles. The van der Waals surface area contributed by atoms with Crippen LogP contribution in [0, 0.1) is 0 Å². The Hall–Kier alpha value is -1.67. The highest BCUT2D eigenvalue weighted by molar-refractivity contribution is 5.82. The Balaban J connectivity index is 1.35. The van der Waals surface area contributed by atoms with Crippen LogP contribution in [0.3, 0.4) is 0 Å². The van der Waals surface area contributed by atoms with Gasteiger partial charge in [-0.05, 0) is 12.8 Å². The predicted octanol–water partition coefficient (Wildman–Crippen LogP) is 1.39. The second-order valence-corrected chi connectivity index (χ2v) is 7.94. The summed E-state index contributed by atoms with van der Waals surface area (Å²) in [5.41, 5.74) is 2.30. The quantitative estimate of drug-likeness (QED) is 0.857. The second kappa shape index (κ2) is 7.39. The van der Waals surface area contributed by atoms with Crippen molar-refractivity contribution in [3.8, 4) is 0 Å². The normalized spacial score (nSPS) is 27.7. The van der Waals surface area contributed by atoms with Gasteiger partial charge in [-0.1, -0.05) is 6.92 Å². The summed E-state index contributed by atoms with van der Waals surface area (Å²) >= 11 is 0. The lowest BCUT2D eigenvalue weighted by atomic mass is 10.0. The number of likely N-dealkylation sites (tertiary alicyclic amines) is 1. The molecule has 148 valence electrons. The molecule has 1 N–H and O–H groups in total. The SMILES string of the molecule is CCCc1ncc2c(n1)CCN([C@@H]1CN[C@H](C(=O)N3CCC(F)(F)C3)C1)C2. The van der Waals surface area contributed by atoms with Gasteiger partial charge in [0, 0.05) is 68.9 Å². The van der Waals surface area contributed by atoms with Crippen LogP contribution >= 0.6 is 0 Å². The fraction of sp³-hybridized carbons (Fsp3) is 0.737. The number of halogens is 2. The van der Waals surface area contributed by atoms with Gasteiger partial charge < -0.3 is 10.2 Å². The van der Waals surface area contributed by atoms with Crippen molar-refractivity contribution in [1.82, 2.24) is 25.1 Å². The fourth-order valence-corrected chi connectivity index (χ4v) is 4.36. The number of nitrogens with zero attached hydrogens (tertiary/aromatic N) is 4. The first-order valence-corrected chi connectivity index (χ1v) is 9.93. The number of aryl methyl sites for hydroxylation is 1. The number of fused-ring (bicyclic) bond motifs is 1. The number of hydrogen-bond donors (Lipinski definition) is 1. The number of carbonyl (C=O) groups is 1. The zero-order chi connectivity index (χ0) is 19.0. The first-order valence-electron chi connectivity index (χ1n) is 9.93. The summed E-state index contributed by atoms with van der Waals surface area (Å²) in [6, 6.07) is -0.112. The summed E-state index contributed by atoms with van der Waals surface area (Å²) < 4.78 is 26.8. The van der Waals surface area contributed by atoms with Crippen LogP contribution in [0.1, 0.15) is 43.3 Å². The molecule has 4 heterocycles. The molecule has 8 heteroatoms. The maximum atomic E-state index is 13.4. The number of carbonyl (C=O) groups excluding carboxylic acids is 1. The standard InChI is InChI=1S/C19H27F2N5O/c1-2-3-17-23-9-13-11-25(6-4-15(13)24-17)14-8-16(22-10-14)18(27)26-7-5-19(20,21)12-26/h9,14,16,22H,2-8,10-12H2,1H3/t14-,16-/m0/s1. The molecule has 0 spiro atoms. The molecule has 2 fully saturated rings. The van der Waals surface area contributed by atoms with Crippen LogP contribution in [0.5, 0.6) is 0 Å². The molecule has 3 aliphatic heterocycles. The maximum absolute atomic E-state index is 13.4. The summed E-state index contributed by atoms with van der Waals surface area (Å²) in [4.78, 5) is 25.4. The van der Waals surface area contributed by atoms with Crippen molar-refractivity contribution in [2.45, 2.75) is 63.6 Å². The summed E-state index contributed by atoms with van der Waals surface area (Å²) in [5.74, 6) is -2.00. The van der Waals surface area contributed by atoms with E-state index in [-0.39, 0.29) is 31.0 Å². The molecule has 0 unspecified atom stereocenters. The van der Waals surface area contributed by atoms with Gasteiger partial charge in [0.2, 0.25) is 5.91 Å². The van der Waals surface area contributed by atoms with Gasteiger partial charge in [-0.25, -0.2) is 18.7 Å². The molecule has 6 nitrogen and oxygen atoms in total. The zero-order valence-electron chi connectivity index (χ0n) is 15.8. The van der Waals surface area contributed by atoms with Crippen molar-refractivity contribution in [2.24, 2.45) is 0 Å². The maximum Gasteiger partial charge on any atom is 0.267 e. The van der Waals surface area contributed by atoms with Crippen LogP contribution in [0.2, 0.25) is 0 Å². The lowest BCUT2D eigenvalue weighted by Gasteiger charge is -2.32. The van der Waals surface area contributed by atoms with Gasteiger partial charge in [0.05, 0.1) is 12.6 Å². The highest BCUT2D eigenvalue weighted by atomic mass is 19.3. The molecule has 0 bridgehead atoms. The smallest absolute Gasteiger partial charge is 0.267 e. The summed E-state index contributed by atoms with van der Waals surface area (Å²) in [6.07, 6.45) is 5.22. The molecule has 1 aromatic heterocycles. The van der Waals surface area contributed by atoms with E-state index >= 15 is 0 Å². The van der Waals surface area contributed by atoms with Crippen LogP contribution in [-0.4, -0.2) is 69.9 Å². The van der Waals surface area contributed by atoms with Crippen LogP contribution in [-0.2, 0) is 24.2 Å². The van der Waals surface area contributed by atoms with Crippen LogP contribution < -0.4 is 5.32 Å². The van der Waals surface area contributed by atoms with Gasteiger partial charge in [-0.15, -0.1) is 0 Å². The van der Waals surface area contributed by atoms with Gasteiger partial charge in [-0.3, -0.25) is 9.69 Å². The van der Waals surface area contributed by atoms with Gasteiger partial charge in [-0.2, -0.15) is 0 Å². The lowest BCUT2D eigenvalue weighted by molar-refractivity contribution is -0.133. The van der Waals surface area contributed by atoms with E-state index in [9.17, 15) is 13.6 Å². The monoisotopic (exact) mass is 379 g/mol. The number of aromatic nitrogens is 2. The van der Waals surface area contributed by atoms with E-state index in [2.05, 4.69) is 27.1 Å². The highest BCUT2D eigenvalue weighted by Crippen LogP contribution is 2.29. The van der Waals surface area contributed by atoms with E-state index in [0.717, 1.165) is 49.4 Å². The average molecular weight is 379 g/mol. The molecule has 4 rings (SSSR count). The minimum Gasteiger partial charge on any atom is -0.335 e. The van der Waals surface area contributed by atoms with E-state index in [1.165, 1.54) is 4.90 Å². The largest absolute Gasteiger partial charge is 0.335 e. The first-order chi connectivity index (χ1) is 12.9. The van der Waals surface area contributed by atoms with Gasteiger partial charge in [0.25, 0.3) is 5.92 Å². The number of hydrogen-bond acceptors (Lipinski definition) is 5. The Bertz CT molecular complexity index is 713. The summed E-state index contributed by atoms with van der Waals surface area (Å²) in [5, 5.41) is 3.25. The van der Waals surface area contributed by atoms with Crippen LogP contribution in [0.15, 0.2) is 6.20 Å². The minimum atomic E-state index is -2.74. The van der Waals surface area contributed by atoms with E-state index < -0.39 is 12.5 Å². The van der Waals surface area contributed by atoms with Crippen molar-refractivity contribution in [2.75, 3.05) is 26.2 Å². The van der Waals surface area contributed by atoms with Crippen molar-refractivity contribution in [3.63, 3.8) is 0 Å². The lowest BCUT2D eigenvalue weighted by Crippen LogP contribution is -2.43. The third-order valence-electron chi connectivity index (χ3n) is 5.89. The van der Waals surface area contributed by atoms with Crippen molar-refractivity contribution in [1.29, 1.82) is 0 Å². The Morgan fingerprint density at radius 2 is 2.26 bits per heavy atom. The number of nitrogens with one attached hydrogen (secondary N) is 1. The van der Waals surface area contributed by atoms with Crippen LogP contribution in [0.25, 0.3) is 0 Å². The summed E-state index contributed by atoms with van der Waals surface area (Å²) in [7, 11) is 0. The van der Waals surface area contributed by atoms with E-state index in [1.54, 1.807) is 0 Å². The molecule has 0 aromatic carbocycles. The Labute approximate surface area is 158 Å². The Kier molecular flexibility index (Phi) is 5.11. The van der Waals surface area contributed by atoms with Crippen molar-refractivity contribution < 1.29 is 13.6 Å². The highest BCUT2D eigenvalue weighted by Gasteiger charge is 2.43. The van der Waals surface area contributed by atoms with Gasteiger partial charge >= 0.3 is 0 Å². The molecule has 2 atom stereocenters. The van der Waals surface area contributed by atoms with Gasteiger partial charge in [0.15, 0.2) is 0 Å². The van der Waals surface area contributed by atoms with E-state index in [0.29, 0.717) is 13.0 Å². The fourth-order valence-electron chi connectivity index (χ4n) is 4.36. The zero-order valence-corrected chi connectivity index (χ0v) is 15.8. The van der Waals surface area contributed by atoms with E-state index in [4.69, 9.17) is 0 Å². The molecule has 0 radical (unpaired) electrons. The van der Waals surface area contributed by atoms with Crippen LogP contribution in [0.4, 0.5) is 8.78 Å². The molecule has 3 aliphatic rings. The molecule has 1 amide bonds. The average Bonchev–Trinajstić information content (AvgIpc) is 3.28. The molecule has 27 heavy (non-hydrogen) atoms. The number of alkyl halides is 2. The predicted molar refractivity (Wildman–Crippen MR) is 96.5 cm³/mol. The molecule has 2 saturated heterocycles. The third-order valence-corrected chi connectivity index (χ3v) is 5.89. The summed E-state index contributed by atoms with van der Waals surface area (Å²) in [6.45, 7) is 4.25. The number of amides is 1. The third kappa shape index (κ3) is 3.96. The molecular weight excluding hydrogens is 352 g/mol. The minimum absolute atomic E-state index is 0.156. The van der Waals surface area contributed by atoms with Crippen molar-refractivity contribution in [3.05, 3.63) is 23.3 Å². The van der Waals surface area contributed by atoms with E-state index in [1.807, 2.05) is 6.20 Å². The molecule has 0 aliphatic carbocycles. The van der Waals surface area contributed by atoms with Gasteiger partial charge in [0.1, 0.15) is 5.82 Å². The molecule has 1 aromatic rings. The number of rotatable bonds is 4.